The van der Waals surface area contributed by atoms with Crippen molar-refractivity contribution >= 4 is 17.1 Å². The molecule has 0 aliphatic heterocycles. The van der Waals surface area contributed by atoms with Crippen molar-refractivity contribution in [3.8, 4) is 10.7 Å². The average molecular weight is 288 g/mol. The number of aromatic nitrogens is 4. The number of tetrazole rings is 1. The molecular weight excluding hydrogens is 279 g/mol. The van der Waals surface area contributed by atoms with Crippen LogP contribution in [0, 0.1) is 5.82 Å². The van der Waals surface area contributed by atoms with Gasteiger partial charge in [0.2, 0.25) is 5.82 Å². The molecule has 0 saturated heterocycles. The molecule has 0 saturated carbocycles. The fourth-order valence-corrected chi connectivity index (χ4v) is 2.36. The average Bonchev–Trinajstić information content (AvgIpc) is 3.09. The zero-order valence-electron chi connectivity index (χ0n) is 10.2. The van der Waals surface area contributed by atoms with Crippen LogP contribution in [0.25, 0.3) is 10.7 Å². The number of hydrogen-bond donors (Lipinski definition) is 0. The summed E-state index contributed by atoms with van der Waals surface area (Å²) < 4.78 is 13.5. The highest BCUT2D eigenvalue weighted by molar-refractivity contribution is 7.13. The van der Waals surface area contributed by atoms with E-state index in [0.717, 1.165) is 4.88 Å². The second kappa shape index (κ2) is 5.30. The summed E-state index contributed by atoms with van der Waals surface area (Å²) in [4.78, 5) is 14.0. The highest BCUT2D eigenvalue weighted by atomic mass is 32.1. The topological polar surface area (TPSA) is 60.7 Å². The number of halogens is 1. The number of thiophene rings is 1. The summed E-state index contributed by atoms with van der Waals surface area (Å²) in [5, 5.41) is 13.7. The molecule has 2 aromatic heterocycles. The van der Waals surface area contributed by atoms with Gasteiger partial charge in [0.15, 0.2) is 5.78 Å². The standard InChI is InChI=1S/C13H9FN4OS/c14-10-5-2-1-4-9(10)11(19)8-18-16-13(15-17-18)12-6-3-7-20-12/h1-7H,8H2. The Morgan fingerprint density at radius 2 is 2.10 bits per heavy atom. The van der Waals surface area contributed by atoms with Gasteiger partial charge in [-0.05, 0) is 28.8 Å². The number of carbonyl (C=O) groups is 1. The molecule has 0 radical (unpaired) electrons. The minimum absolute atomic E-state index is 0.0301. The van der Waals surface area contributed by atoms with E-state index in [1.54, 1.807) is 6.07 Å². The molecule has 0 aliphatic rings. The number of Topliss-reactive ketones (excluding diaryl/α,β-unsaturated/α-hetero) is 1. The number of rotatable bonds is 4. The Morgan fingerprint density at radius 3 is 2.85 bits per heavy atom. The Labute approximate surface area is 117 Å². The molecule has 0 N–H and O–H groups in total. The molecule has 100 valence electrons. The molecule has 0 spiro atoms. The summed E-state index contributed by atoms with van der Waals surface area (Å²) in [6, 6.07) is 9.58. The first kappa shape index (κ1) is 12.6. The fraction of sp³-hybridized carbons (Fsp3) is 0.0769. The molecule has 7 heteroatoms. The van der Waals surface area contributed by atoms with E-state index in [4.69, 9.17) is 0 Å². The molecule has 0 amide bonds. The lowest BCUT2D eigenvalue weighted by Gasteiger charge is -2.00. The monoisotopic (exact) mass is 288 g/mol. The van der Waals surface area contributed by atoms with Crippen LogP contribution < -0.4 is 0 Å². The van der Waals surface area contributed by atoms with E-state index in [1.807, 2.05) is 17.5 Å². The minimum atomic E-state index is -0.545. The molecule has 1 aromatic carbocycles. The summed E-state index contributed by atoms with van der Waals surface area (Å²) in [5.74, 6) is -0.476. The van der Waals surface area contributed by atoms with Crippen LogP contribution in [0.2, 0.25) is 0 Å². The minimum Gasteiger partial charge on any atom is -0.292 e. The maximum Gasteiger partial charge on any atom is 0.214 e. The van der Waals surface area contributed by atoms with Crippen molar-refractivity contribution in [2.75, 3.05) is 0 Å². The summed E-state index contributed by atoms with van der Waals surface area (Å²) in [6.45, 7) is -0.140. The second-order valence-corrected chi connectivity index (χ2v) is 4.97. The van der Waals surface area contributed by atoms with Gasteiger partial charge >= 0.3 is 0 Å². The van der Waals surface area contributed by atoms with Crippen LogP contribution in [0.1, 0.15) is 10.4 Å². The van der Waals surface area contributed by atoms with E-state index in [0.29, 0.717) is 5.82 Å². The quantitative estimate of drug-likeness (QED) is 0.692. The summed E-state index contributed by atoms with van der Waals surface area (Å²) >= 11 is 1.48. The maximum absolute atomic E-state index is 13.5. The lowest BCUT2D eigenvalue weighted by molar-refractivity contribution is 0.0957. The van der Waals surface area contributed by atoms with E-state index in [-0.39, 0.29) is 12.1 Å². The Morgan fingerprint density at radius 1 is 1.25 bits per heavy atom. The predicted octanol–water partition coefficient (Wildman–Crippen LogP) is 2.42. The van der Waals surface area contributed by atoms with Gasteiger partial charge in [0.1, 0.15) is 12.4 Å². The maximum atomic E-state index is 13.5. The first-order valence-electron chi connectivity index (χ1n) is 5.83. The van der Waals surface area contributed by atoms with Crippen LogP contribution in [0.15, 0.2) is 41.8 Å². The molecule has 5 nitrogen and oxygen atoms in total. The third-order valence-corrected chi connectivity index (χ3v) is 3.52. The molecule has 20 heavy (non-hydrogen) atoms. The van der Waals surface area contributed by atoms with Crippen LogP contribution in [0.4, 0.5) is 4.39 Å². The van der Waals surface area contributed by atoms with Crippen molar-refractivity contribution < 1.29 is 9.18 Å². The van der Waals surface area contributed by atoms with Crippen molar-refractivity contribution in [1.29, 1.82) is 0 Å². The number of ketones is 1. The summed E-state index contributed by atoms with van der Waals surface area (Å²) in [5.41, 5.74) is 0.0301. The van der Waals surface area contributed by atoms with Gasteiger partial charge in [-0.2, -0.15) is 4.80 Å². The van der Waals surface area contributed by atoms with Crippen molar-refractivity contribution in [3.63, 3.8) is 0 Å². The van der Waals surface area contributed by atoms with Gasteiger partial charge < -0.3 is 0 Å². The third kappa shape index (κ3) is 2.48. The van der Waals surface area contributed by atoms with E-state index < -0.39 is 11.6 Å². The van der Waals surface area contributed by atoms with Crippen LogP contribution >= 0.6 is 11.3 Å². The predicted molar refractivity (Wildman–Crippen MR) is 71.9 cm³/mol. The van der Waals surface area contributed by atoms with E-state index in [2.05, 4.69) is 15.4 Å². The highest BCUT2D eigenvalue weighted by Gasteiger charge is 2.14. The number of carbonyl (C=O) groups excluding carboxylic acids is 1. The van der Waals surface area contributed by atoms with Gasteiger partial charge in [-0.25, -0.2) is 4.39 Å². The van der Waals surface area contributed by atoms with E-state index in [1.165, 1.54) is 34.3 Å². The summed E-state index contributed by atoms with van der Waals surface area (Å²) in [6.07, 6.45) is 0. The number of benzene rings is 1. The zero-order chi connectivity index (χ0) is 13.9. The van der Waals surface area contributed by atoms with E-state index >= 15 is 0 Å². The van der Waals surface area contributed by atoms with Gasteiger partial charge in [0.05, 0.1) is 10.4 Å². The van der Waals surface area contributed by atoms with Crippen LogP contribution in [-0.2, 0) is 6.54 Å². The normalized spacial score (nSPS) is 10.7. The lowest BCUT2D eigenvalue weighted by atomic mass is 10.1. The Hall–Kier alpha value is -2.41. The van der Waals surface area contributed by atoms with E-state index in [9.17, 15) is 9.18 Å². The Balaban J connectivity index is 1.79. The molecular formula is C13H9FN4OS. The zero-order valence-corrected chi connectivity index (χ0v) is 11.0. The molecule has 0 bridgehead atoms. The van der Waals surface area contributed by atoms with Gasteiger partial charge in [0.25, 0.3) is 0 Å². The first-order valence-corrected chi connectivity index (χ1v) is 6.71. The second-order valence-electron chi connectivity index (χ2n) is 4.02. The fourth-order valence-electron chi connectivity index (χ4n) is 1.72. The number of nitrogens with zero attached hydrogens (tertiary/aromatic N) is 4. The van der Waals surface area contributed by atoms with Gasteiger partial charge in [0, 0.05) is 0 Å². The largest absolute Gasteiger partial charge is 0.292 e. The molecule has 0 fully saturated rings. The van der Waals surface area contributed by atoms with Gasteiger partial charge in [-0.3, -0.25) is 4.79 Å². The van der Waals surface area contributed by atoms with Crippen LogP contribution in [0.5, 0.6) is 0 Å². The molecule has 2 heterocycles. The number of hydrogen-bond acceptors (Lipinski definition) is 5. The first-order chi connectivity index (χ1) is 9.74. The van der Waals surface area contributed by atoms with Crippen molar-refractivity contribution in [3.05, 3.63) is 53.2 Å². The smallest absolute Gasteiger partial charge is 0.214 e. The van der Waals surface area contributed by atoms with Crippen LogP contribution in [-0.4, -0.2) is 26.0 Å². The molecule has 0 unspecified atom stereocenters. The SMILES string of the molecule is O=C(Cn1nnc(-c2cccs2)n1)c1ccccc1F. The van der Waals surface area contributed by atoms with Crippen molar-refractivity contribution in [1.82, 2.24) is 20.2 Å². The molecule has 3 aromatic rings. The van der Waals surface area contributed by atoms with Gasteiger partial charge in [-0.1, -0.05) is 18.2 Å². The van der Waals surface area contributed by atoms with Crippen LogP contribution in [0.3, 0.4) is 0 Å². The summed E-state index contributed by atoms with van der Waals surface area (Å²) in [7, 11) is 0. The molecule has 3 rings (SSSR count). The lowest BCUT2D eigenvalue weighted by Crippen LogP contribution is -2.14. The van der Waals surface area contributed by atoms with Crippen molar-refractivity contribution in [2.45, 2.75) is 6.54 Å². The van der Waals surface area contributed by atoms with Crippen molar-refractivity contribution in [2.24, 2.45) is 0 Å². The third-order valence-electron chi connectivity index (χ3n) is 2.65. The molecule has 0 aliphatic carbocycles. The Kier molecular flexibility index (Phi) is 3.34. The van der Waals surface area contributed by atoms with Gasteiger partial charge in [-0.15, -0.1) is 21.5 Å². The molecule has 0 atom stereocenters. The highest BCUT2D eigenvalue weighted by Crippen LogP contribution is 2.19. The Bertz CT molecular complexity index is 738.